The van der Waals surface area contributed by atoms with E-state index < -0.39 is 0 Å². The normalized spacial score (nSPS) is 15.1. The first-order chi connectivity index (χ1) is 12.6. The van der Waals surface area contributed by atoms with Crippen molar-refractivity contribution in [3.8, 4) is 0 Å². The fourth-order valence-electron chi connectivity index (χ4n) is 3.21. The number of hydrogen-bond acceptors (Lipinski definition) is 3. The highest BCUT2D eigenvalue weighted by Gasteiger charge is 2.28. The summed E-state index contributed by atoms with van der Waals surface area (Å²) in [6, 6.07) is 7.59. The predicted molar refractivity (Wildman–Crippen MR) is 100 cm³/mol. The lowest BCUT2D eigenvalue weighted by Gasteiger charge is -2.31. The van der Waals surface area contributed by atoms with Crippen LogP contribution in [0.4, 0.5) is 0 Å². The van der Waals surface area contributed by atoms with Crippen LogP contribution in [-0.2, 0) is 11.3 Å². The topological polar surface area (TPSA) is 67.2 Å². The smallest absolute Gasteiger partial charge is 0.257 e. The van der Waals surface area contributed by atoms with Gasteiger partial charge in [-0.2, -0.15) is 5.10 Å². The Morgan fingerprint density at radius 3 is 2.69 bits per heavy atom. The molecule has 26 heavy (non-hydrogen) atoms. The van der Waals surface area contributed by atoms with Crippen LogP contribution < -0.4 is 5.32 Å². The number of piperidine rings is 1. The van der Waals surface area contributed by atoms with Crippen LogP contribution in [0.2, 0.25) is 5.02 Å². The van der Waals surface area contributed by atoms with E-state index in [-0.39, 0.29) is 17.7 Å². The summed E-state index contributed by atoms with van der Waals surface area (Å²) in [6.45, 7) is 4.26. The molecule has 1 aliphatic heterocycles. The van der Waals surface area contributed by atoms with E-state index in [0.29, 0.717) is 49.6 Å². The second kappa shape index (κ2) is 8.36. The van der Waals surface area contributed by atoms with E-state index in [1.807, 2.05) is 31.2 Å². The van der Waals surface area contributed by atoms with Crippen molar-refractivity contribution in [1.29, 1.82) is 0 Å². The Labute approximate surface area is 158 Å². The molecule has 1 aliphatic rings. The average Bonchev–Trinajstić information content (AvgIpc) is 3.12. The summed E-state index contributed by atoms with van der Waals surface area (Å²) in [5.74, 6) is 0.0545. The van der Waals surface area contributed by atoms with Crippen LogP contribution in [0.5, 0.6) is 0 Å². The van der Waals surface area contributed by atoms with E-state index in [4.69, 9.17) is 11.6 Å². The van der Waals surface area contributed by atoms with Crippen LogP contribution in [0.1, 0.15) is 35.7 Å². The molecule has 1 saturated heterocycles. The molecule has 2 heterocycles. The number of nitrogens with zero attached hydrogens (tertiary/aromatic N) is 3. The van der Waals surface area contributed by atoms with Gasteiger partial charge in [0.15, 0.2) is 0 Å². The number of carbonyl (C=O) groups is 2. The van der Waals surface area contributed by atoms with Crippen LogP contribution in [0.25, 0.3) is 0 Å². The van der Waals surface area contributed by atoms with Gasteiger partial charge < -0.3 is 10.2 Å². The first-order valence-corrected chi connectivity index (χ1v) is 9.29. The third-order valence-electron chi connectivity index (χ3n) is 4.67. The van der Waals surface area contributed by atoms with Crippen LogP contribution >= 0.6 is 11.6 Å². The number of rotatable bonds is 5. The highest BCUT2D eigenvalue weighted by Crippen LogP contribution is 2.20. The average molecular weight is 375 g/mol. The van der Waals surface area contributed by atoms with Crippen LogP contribution in [0.3, 0.4) is 0 Å². The number of halogens is 1. The Morgan fingerprint density at radius 2 is 2.00 bits per heavy atom. The number of hydrogen-bond donors (Lipinski definition) is 1. The molecule has 1 fully saturated rings. The molecule has 2 amide bonds. The lowest BCUT2D eigenvalue weighted by Crippen LogP contribution is -2.42. The molecule has 1 aromatic heterocycles. The van der Waals surface area contributed by atoms with Gasteiger partial charge in [-0.3, -0.25) is 14.3 Å². The minimum absolute atomic E-state index is 0.00180. The minimum Gasteiger partial charge on any atom is -0.356 e. The first kappa shape index (κ1) is 18.5. The third-order valence-corrected chi connectivity index (χ3v) is 5.04. The monoisotopic (exact) mass is 374 g/mol. The fourth-order valence-corrected chi connectivity index (χ4v) is 3.40. The van der Waals surface area contributed by atoms with Gasteiger partial charge >= 0.3 is 0 Å². The largest absolute Gasteiger partial charge is 0.356 e. The summed E-state index contributed by atoms with van der Waals surface area (Å²) in [5.41, 5.74) is 1.52. The predicted octanol–water partition coefficient (Wildman–Crippen LogP) is 2.57. The molecule has 6 nitrogen and oxygen atoms in total. The van der Waals surface area contributed by atoms with Crippen molar-refractivity contribution in [1.82, 2.24) is 20.0 Å². The lowest BCUT2D eigenvalue weighted by molar-refractivity contribution is -0.126. The number of likely N-dealkylation sites (tertiary alicyclic amines) is 1. The molecule has 0 aliphatic carbocycles. The molecule has 0 atom stereocenters. The second-order valence-corrected chi connectivity index (χ2v) is 6.89. The zero-order chi connectivity index (χ0) is 18.5. The zero-order valence-electron chi connectivity index (χ0n) is 14.8. The molecule has 0 bridgehead atoms. The van der Waals surface area contributed by atoms with Gasteiger partial charge in [-0.15, -0.1) is 0 Å². The molecule has 0 saturated carbocycles. The summed E-state index contributed by atoms with van der Waals surface area (Å²) in [6.07, 6.45) is 4.74. The van der Waals surface area contributed by atoms with E-state index in [1.54, 1.807) is 22.0 Å². The molecule has 3 rings (SSSR count). The number of amides is 2. The Kier molecular flexibility index (Phi) is 5.93. The van der Waals surface area contributed by atoms with E-state index >= 15 is 0 Å². The standard InChI is InChI=1S/C19H23ClN4O2/c1-2-21-18(25)14-7-9-23(10-8-14)19(26)16-11-22-24(13-16)12-15-5-3-4-6-17(15)20/h3-6,11,13-14H,2,7-10,12H2,1H3,(H,21,25). The molecule has 138 valence electrons. The van der Waals surface area contributed by atoms with Gasteiger partial charge in [0.25, 0.3) is 5.91 Å². The molecular formula is C19H23ClN4O2. The maximum absolute atomic E-state index is 12.7. The van der Waals surface area contributed by atoms with Gasteiger partial charge in [-0.1, -0.05) is 29.8 Å². The summed E-state index contributed by atoms with van der Waals surface area (Å²) in [7, 11) is 0. The Hall–Kier alpha value is -2.34. The van der Waals surface area contributed by atoms with Crippen molar-refractivity contribution in [2.75, 3.05) is 19.6 Å². The quantitative estimate of drug-likeness (QED) is 0.874. The SMILES string of the molecule is CCNC(=O)C1CCN(C(=O)c2cnn(Cc3ccccc3Cl)c2)CC1. The summed E-state index contributed by atoms with van der Waals surface area (Å²) in [5, 5.41) is 7.82. The number of nitrogens with one attached hydrogen (secondary N) is 1. The van der Waals surface area contributed by atoms with Crippen molar-refractivity contribution < 1.29 is 9.59 Å². The van der Waals surface area contributed by atoms with Crippen molar-refractivity contribution >= 4 is 23.4 Å². The first-order valence-electron chi connectivity index (χ1n) is 8.91. The van der Waals surface area contributed by atoms with Crippen LogP contribution in [0, 0.1) is 5.92 Å². The van der Waals surface area contributed by atoms with Crippen LogP contribution in [-0.4, -0.2) is 46.1 Å². The summed E-state index contributed by atoms with van der Waals surface area (Å²) >= 11 is 6.18. The van der Waals surface area contributed by atoms with Crippen LogP contribution in [0.15, 0.2) is 36.7 Å². The van der Waals surface area contributed by atoms with E-state index in [9.17, 15) is 9.59 Å². The molecule has 1 aromatic carbocycles. The van der Waals surface area contributed by atoms with Crippen molar-refractivity contribution in [2.45, 2.75) is 26.3 Å². The Balaban J connectivity index is 1.59. The third kappa shape index (κ3) is 4.25. The number of carbonyl (C=O) groups excluding carboxylic acids is 2. The highest BCUT2D eigenvalue weighted by molar-refractivity contribution is 6.31. The van der Waals surface area contributed by atoms with Gasteiger partial charge in [-0.05, 0) is 31.4 Å². The lowest BCUT2D eigenvalue weighted by atomic mass is 9.95. The minimum atomic E-state index is -0.0373. The van der Waals surface area contributed by atoms with Gasteiger partial charge in [0.1, 0.15) is 0 Å². The maximum Gasteiger partial charge on any atom is 0.257 e. The molecule has 0 unspecified atom stereocenters. The van der Waals surface area contributed by atoms with E-state index in [1.165, 1.54) is 0 Å². The Morgan fingerprint density at radius 1 is 1.27 bits per heavy atom. The molecule has 0 radical (unpaired) electrons. The van der Waals surface area contributed by atoms with Crippen molar-refractivity contribution in [2.24, 2.45) is 5.92 Å². The molecular weight excluding hydrogens is 352 g/mol. The van der Waals surface area contributed by atoms with Gasteiger partial charge in [0, 0.05) is 36.8 Å². The van der Waals surface area contributed by atoms with Crippen molar-refractivity contribution in [3.63, 3.8) is 0 Å². The Bertz CT molecular complexity index is 781. The molecule has 0 spiro atoms. The number of benzene rings is 1. The van der Waals surface area contributed by atoms with Gasteiger partial charge in [-0.25, -0.2) is 0 Å². The molecule has 2 aromatic rings. The highest BCUT2D eigenvalue weighted by atomic mass is 35.5. The van der Waals surface area contributed by atoms with Crippen molar-refractivity contribution in [3.05, 3.63) is 52.8 Å². The van der Waals surface area contributed by atoms with Gasteiger partial charge in [0.2, 0.25) is 5.91 Å². The molecule has 1 N–H and O–H groups in total. The fraction of sp³-hybridized carbons (Fsp3) is 0.421. The second-order valence-electron chi connectivity index (χ2n) is 6.48. The maximum atomic E-state index is 12.7. The summed E-state index contributed by atoms with van der Waals surface area (Å²) < 4.78 is 1.72. The number of aromatic nitrogens is 2. The zero-order valence-corrected chi connectivity index (χ0v) is 15.6. The van der Waals surface area contributed by atoms with E-state index in [0.717, 1.165) is 5.56 Å². The summed E-state index contributed by atoms with van der Waals surface area (Å²) in [4.78, 5) is 26.4. The molecule has 7 heteroatoms. The van der Waals surface area contributed by atoms with E-state index in [2.05, 4.69) is 10.4 Å². The van der Waals surface area contributed by atoms with Gasteiger partial charge in [0.05, 0.1) is 18.3 Å².